The summed E-state index contributed by atoms with van der Waals surface area (Å²) >= 11 is 1.46. The number of aromatic carboxylic acids is 1. The quantitative estimate of drug-likeness (QED) is 0.852. The third kappa shape index (κ3) is 3.64. The van der Waals surface area contributed by atoms with Crippen molar-refractivity contribution in [1.29, 1.82) is 0 Å². The Morgan fingerprint density at radius 1 is 1.25 bits per heavy atom. The number of piperidine rings is 1. The number of anilines is 1. The lowest BCUT2D eigenvalue weighted by atomic mass is 9.95. The van der Waals surface area contributed by atoms with Crippen LogP contribution in [0.3, 0.4) is 0 Å². The number of hydrogen-bond donors (Lipinski definition) is 2. The molecule has 0 spiro atoms. The molecule has 2 aliphatic rings. The Balaban J connectivity index is 1.72. The number of nitrogens with zero attached hydrogens (tertiary/aromatic N) is 1. The molecule has 1 aliphatic carbocycles. The highest BCUT2D eigenvalue weighted by Gasteiger charge is 2.27. The number of fused-ring (bicyclic) bond motifs is 1. The van der Waals surface area contributed by atoms with E-state index in [1.54, 1.807) is 0 Å². The van der Waals surface area contributed by atoms with E-state index in [4.69, 9.17) is 0 Å². The van der Waals surface area contributed by atoms with E-state index in [-0.39, 0.29) is 5.91 Å². The van der Waals surface area contributed by atoms with Gasteiger partial charge in [0.2, 0.25) is 5.91 Å². The van der Waals surface area contributed by atoms with Gasteiger partial charge in [-0.3, -0.25) is 9.69 Å². The smallest absolute Gasteiger partial charge is 0.339 e. The number of carboxylic acids is 1. The molecule has 3 rings (SSSR count). The predicted octanol–water partition coefficient (Wildman–Crippen LogP) is 3.53. The average Bonchev–Trinajstić information content (AvgIpc) is 2.93. The molecule has 1 saturated heterocycles. The molecular weight excluding hydrogens is 324 g/mol. The molecule has 1 aliphatic heterocycles. The Morgan fingerprint density at radius 2 is 2.04 bits per heavy atom. The topological polar surface area (TPSA) is 69.6 Å². The third-order valence-corrected chi connectivity index (χ3v) is 6.41. The summed E-state index contributed by atoms with van der Waals surface area (Å²) in [5, 5.41) is 13.0. The van der Waals surface area contributed by atoms with Crippen LogP contribution in [0.4, 0.5) is 5.00 Å². The Kier molecular flexibility index (Phi) is 5.56. The second-order valence-electron chi connectivity index (χ2n) is 6.80. The monoisotopic (exact) mass is 350 g/mol. The number of likely N-dealkylation sites (tertiary alicyclic amines) is 1. The Bertz CT molecular complexity index is 626. The molecule has 1 atom stereocenters. The Morgan fingerprint density at radius 3 is 2.79 bits per heavy atom. The first-order valence-corrected chi connectivity index (χ1v) is 9.83. The summed E-state index contributed by atoms with van der Waals surface area (Å²) in [5.74, 6) is -1.01. The maximum atomic E-state index is 12.5. The van der Waals surface area contributed by atoms with Crippen LogP contribution >= 0.6 is 11.3 Å². The van der Waals surface area contributed by atoms with E-state index < -0.39 is 5.97 Å². The molecule has 1 aromatic heterocycles. The third-order valence-electron chi connectivity index (χ3n) is 5.21. The van der Waals surface area contributed by atoms with Crippen molar-refractivity contribution in [2.75, 3.05) is 18.4 Å². The summed E-state index contributed by atoms with van der Waals surface area (Å²) in [4.78, 5) is 27.5. The number of nitrogens with one attached hydrogen (secondary N) is 1. The van der Waals surface area contributed by atoms with Crippen molar-refractivity contribution in [2.24, 2.45) is 0 Å². The zero-order valence-corrected chi connectivity index (χ0v) is 15.1. The van der Waals surface area contributed by atoms with Crippen LogP contribution in [-0.4, -0.2) is 41.0 Å². The molecule has 0 saturated carbocycles. The molecule has 6 heteroatoms. The van der Waals surface area contributed by atoms with E-state index >= 15 is 0 Å². The number of carboxylic acid groups (broad SMARTS) is 1. The summed E-state index contributed by atoms with van der Waals surface area (Å²) < 4.78 is 0. The van der Waals surface area contributed by atoms with Crippen LogP contribution in [0.15, 0.2) is 0 Å². The van der Waals surface area contributed by atoms with E-state index in [1.165, 1.54) is 17.8 Å². The second kappa shape index (κ2) is 7.66. The fourth-order valence-electron chi connectivity index (χ4n) is 3.96. The van der Waals surface area contributed by atoms with Gasteiger partial charge in [0.05, 0.1) is 12.1 Å². The van der Waals surface area contributed by atoms with Crippen LogP contribution in [0.25, 0.3) is 0 Å². The molecule has 132 valence electrons. The second-order valence-corrected chi connectivity index (χ2v) is 7.90. The molecule has 5 nitrogen and oxygen atoms in total. The van der Waals surface area contributed by atoms with Crippen molar-refractivity contribution in [3.8, 4) is 0 Å². The maximum absolute atomic E-state index is 12.5. The van der Waals surface area contributed by atoms with E-state index in [1.807, 2.05) is 0 Å². The average molecular weight is 350 g/mol. The molecular formula is C18H26N2O3S. The molecule has 2 heterocycles. The van der Waals surface area contributed by atoms with Crippen LogP contribution in [0.5, 0.6) is 0 Å². The van der Waals surface area contributed by atoms with Gasteiger partial charge in [-0.05, 0) is 57.1 Å². The first-order valence-electron chi connectivity index (χ1n) is 9.02. The number of aryl methyl sites for hydroxylation is 1. The summed E-state index contributed by atoms with van der Waals surface area (Å²) in [6.45, 7) is 3.48. The number of rotatable bonds is 5. The lowest BCUT2D eigenvalue weighted by Crippen LogP contribution is -2.43. The molecule has 0 radical (unpaired) electrons. The maximum Gasteiger partial charge on any atom is 0.339 e. The standard InChI is InChI=1S/C18H26N2O3S/c1-2-12-7-5-6-10-20(12)11-15(21)19-17-16(18(22)23)13-8-3-4-9-14(13)24-17/h12H,2-11H2,1H3,(H,19,21)(H,22,23). The van der Waals surface area contributed by atoms with E-state index in [9.17, 15) is 14.7 Å². The van der Waals surface area contributed by atoms with Crippen molar-refractivity contribution in [3.63, 3.8) is 0 Å². The first-order chi connectivity index (χ1) is 11.6. The zero-order chi connectivity index (χ0) is 17.1. The lowest BCUT2D eigenvalue weighted by Gasteiger charge is -2.34. The van der Waals surface area contributed by atoms with Crippen LogP contribution in [-0.2, 0) is 17.6 Å². The van der Waals surface area contributed by atoms with Crippen molar-refractivity contribution in [2.45, 2.75) is 64.3 Å². The molecule has 1 unspecified atom stereocenters. The van der Waals surface area contributed by atoms with Crippen LogP contribution in [0.2, 0.25) is 0 Å². The summed E-state index contributed by atoms with van der Waals surface area (Å²) in [6.07, 6.45) is 8.45. The van der Waals surface area contributed by atoms with Crippen LogP contribution in [0.1, 0.15) is 66.2 Å². The minimum absolute atomic E-state index is 0.0866. The first kappa shape index (κ1) is 17.4. The normalized spacial score (nSPS) is 21.3. The number of carbonyl (C=O) groups excluding carboxylic acids is 1. The van der Waals surface area contributed by atoms with Gasteiger partial charge in [0.25, 0.3) is 0 Å². The van der Waals surface area contributed by atoms with Crippen LogP contribution in [0, 0.1) is 0 Å². The highest BCUT2D eigenvalue weighted by Crippen LogP contribution is 2.38. The minimum atomic E-state index is -0.922. The van der Waals surface area contributed by atoms with E-state index in [0.29, 0.717) is 23.2 Å². The van der Waals surface area contributed by atoms with Crippen LogP contribution < -0.4 is 5.32 Å². The predicted molar refractivity (Wildman–Crippen MR) is 96.1 cm³/mol. The molecule has 24 heavy (non-hydrogen) atoms. The molecule has 1 aromatic rings. The van der Waals surface area contributed by atoms with Gasteiger partial charge in [-0.15, -0.1) is 11.3 Å². The van der Waals surface area contributed by atoms with Gasteiger partial charge in [-0.2, -0.15) is 0 Å². The highest BCUT2D eigenvalue weighted by atomic mass is 32.1. The van der Waals surface area contributed by atoms with Gasteiger partial charge in [-0.1, -0.05) is 13.3 Å². The Hall–Kier alpha value is -1.40. The van der Waals surface area contributed by atoms with Gasteiger partial charge in [0.1, 0.15) is 5.00 Å². The number of amides is 1. The van der Waals surface area contributed by atoms with Gasteiger partial charge in [-0.25, -0.2) is 4.79 Å². The van der Waals surface area contributed by atoms with Crippen molar-refractivity contribution in [3.05, 3.63) is 16.0 Å². The Labute approximate surface area is 147 Å². The van der Waals surface area contributed by atoms with Gasteiger partial charge >= 0.3 is 5.97 Å². The molecule has 1 amide bonds. The number of thiophene rings is 1. The fraction of sp³-hybridized carbons (Fsp3) is 0.667. The number of carbonyl (C=O) groups is 2. The minimum Gasteiger partial charge on any atom is -0.478 e. The van der Waals surface area contributed by atoms with E-state index in [2.05, 4.69) is 17.1 Å². The molecule has 1 fully saturated rings. The molecule has 0 bridgehead atoms. The van der Waals surface area contributed by atoms with Crippen molar-refractivity contribution < 1.29 is 14.7 Å². The highest BCUT2D eigenvalue weighted by molar-refractivity contribution is 7.17. The summed E-state index contributed by atoms with van der Waals surface area (Å²) in [7, 11) is 0. The van der Waals surface area contributed by atoms with Gasteiger partial charge < -0.3 is 10.4 Å². The summed E-state index contributed by atoms with van der Waals surface area (Å²) in [6, 6.07) is 0.472. The summed E-state index contributed by atoms with van der Waals surface area (Å²) in [5.41, 5.74) is 1.27. The van der Waals surface area contributed by atoms with Crippen molar-refractivity contribution in [1.82, 2.24) is 4.90 Å². The van der Waals surface area contributed by atoms with Gasteiger partial charge in [0, 0.05) is 10.9 Å². The van der Waals surface area contributed by atoms with Gasteiger partial charge in [0.15, 0.2) is 0 Å². The van der Waals surface area contributed by atoms with E-state index in [0.717, 1.165) is 61.9 Å². The number of hydrogen-bond acceptors (Lipinski definition) is 4. The SMILES string of the molecule is CCC1CCCCN1CC(=O)Nc1sc2c(c1C(=O)O)CCCC2. The zero-order valence-electron chi connectivity index (χ0n) is 14.3. The molecule has 2 N–H and O–H groups in total. The largest absolute Gasteiger partial charge is 0.478 e. The lowest BCUT2D eigenvalue weighted by molar-refractivity contribution is -0.118. The molecule has 0 aromatic carbocycles. The van der Waals surface area contributed by atoms with Crippen molar-refractivity contribution >= 4 is 28.2 Å². The fourth-order valence-corrected chi connectivity index (χ4v) is 5.26.